The highest BCUT2D eigenvalue weighted by Gasteiger charge is 2.62. The van der Waals surface area contributed by atoms with E-state index >= 15 is 0 Å². The molecule has 0 aliphatic heterocycles. The molecule has 2 fully saturated rings. The number of allylic oxidation sites excluding steroid dienone is 4. The Balaban J connectivity index is 1.34. The third kappa shape index (κ3) is 4.21. The zero-order chi connectivity index (χ0) is 28.2. The Morgan fingerprint density at radius 3 is 2.48 bits per heavy atom. The number of hydrogen-bond acceptors (Lipinski definition) is 4. The number of carboxylic acids is 1. The fourth-order valence-electron chi connectivity index (χ4n) is 8.28. The number of carbonyl (C=O) groups is 2. The van der Waals surface area contributed by atoms with Gasteiger partial charge in [-0.1, -0.05) is 42.7 Å². The van der Waals surface area contributed by atoms with Crippen LogP contribution in [-0.2, 0) is 11.3 Å². The van der Waals surface area contributed by atoms with Crippen LogP contribution >= 0.6 is 0 Å². The number of carboxylic acid groups (broad SMARTS) is 1. The van der Waals surface area contributed by atoms with Crippen molar-refractivity contribution in [2.45, 2.75) is 69.9 Å². The van der Waals surface area contributed by atoms with Crippen LogP contribution in [0.2, 0.25) is 0 Å². The molecule has 2 saturated carbocycles. The van der Waals surface area contributed by atoms with Crippen LogP contribution in [0.5, 0.6) is 0 Å². The summed E-state index contributed by atoms with van der Waals surface area (Å²) in [4.78, 5) is 25.6. The van der Waals surface area contributed by atoms with Crippen LogP contribution in [0.15, 0.2) is 71.3 Å². The van der Waals surface area contributed by atoms with E-state index in [1.54, 1.807) is 12.1 Å². The highest BCUT2D eigenvalue weighted by atomic mass is 16.4. The van der Waals surface area contributed by atoms with Gasteiger partial charge in [0.1, 0.15) is 5.60 Å². The first-order chi connectivity index (χ1) is 19.1. The molecule has 5 nitrogen and oxygen atoms in total. The maximum atomic E-state index is 12.3. The maximum absolute atomic E-state index is 12.3. The van der Waals surface area contributed by atoms with Crippen molar-refractivity contribution in [2.75, 3.05) is 11.9 Å². The van der Waals surface area contributed by atoms with Gasteiger partial charge in [-0.25, -0.2) is 4.79 Å². The van der Waals surface area contributed by atoms with Gasteiger partial charge < -0.3 is 15.1 Å². The maximum Gasteiger partial charge on any atom is 0.335 e. The van der Waals surface area contributed by atoms with Gasteiger partial charge in [0.25, 0.3) is 0 Å². The zero-order valence-corrected chi connectivity index (χ0v) is 23.3. The van der Waals surface area contributed by atoms with Gasteiger partial charge in [-0.05, 0) is 103 Å². The van der Waals surface area contributed by atoms with E-state index in [9.17, 15) is 19.8 Å². The van der Waals surface area contributed by atoms with E-state index in [1.807, 2.05) is 25.3 Å². The molecule has 0 radical (unpaired) electrons. The fourth-order valence-corrected chi connectivity index (χ4v) is 8.28. The van der Waals surface area contributed by atoms with Gasteiger partial charge in [0.2, 0.25) is 0 Å². The molecule has 4 aliphatic rings. The van der Waals surface area contributed by atoms with Gasteiger partial charge in [-0.3, -0.25) is 4.79 Å². The minimum absolute atomic E-state index is 0.152. The van der Waals surface area contributed by atoms with E-state index in [1.165, 1.54) is 22.3 Å². The first-order valence-electron chi connectivity index (χ1n) is 14.4. The predicted octanol–water partition coefficient (Wildman–Crippen LogP) is 6.29. The Morgan fingerprint density at radius 2 is 1.80 bits per heavy atom. The molecule has 0 amide bonds. The Hall–Kier alpha value is -3.62. The molecule has 0 aromatic heterocycles. The molecule has 0 spiro atoms. The van der Waals surface area contributed by atoms with E-state index in [4.69, 9.17) is 6.42 Å². The molecule has 0 bridgehead atoms. The summed E-state index contributed by atoms with van der Waals surface area (Å²) in [5.41, 5.74) is 6.31. The monoisotopic (exact) mass is 535 g/mol. The molecule has 2 N–H and O–H groups in total. The van der Waals surface area contributed by atoms with Crippen LogP contribution in [-0.4, -0.2) is 34.6 Å². The highest BCUT2D eigenvalue weighted by molar-refractivity contribution is 5.93. The van der Waals surface area contributed by atoms with Crippen molar-refractivity contribution in [3.63, 3.8) is 0 Å². The van der Waals surface area contributed by atoms with Crippen molar-refractivity contribution >= 4 is 17.4 Å². The van der Waals surface area contributed by atoms with Gasteiger partial charge in [0.15, 0.2) is 5.78 Å². The molecule has 0 unspecified atom stereocenters. The normalized spacial score (nSPS) is 31.0. The molecule has 0 saturated heterocycles. The van der Waals surface area contributed by atoms with E-state index in [0.29, 0.717) is 31.2 Å². The first-order valence-corrected chi connectivity index (χ1v) is 14.4. The van der Waals surface area contributed by atoms with Crippen molar-refractivity contribution in [3.05, 3.63) is 88.0 Å². The number of ketones is 1. The molecule has 0 heterocycles. The second kappa shape index (κ2) is 9.78. The average molecular weight is 536 g/mol. The quantitative estimate of drug-likeness (QED) is 0.441. The molecule has 4 aliphatic carbocycles. The van der Waals surface area contributed by atoms with Crippen LogP contribution in [0.4, 0.5) is 5.69 Å². The molecule has 6 rings (SSSR count). The molecule has 206 valence electrons. The number of fused-ring (bicyclic) bond motifs is 4. The lowest BCUT2D eigenvalue weighted by atomic mass is 9.51. The number of benzene rings is 2. The second-order valence-corrected chi connectivity index (χ2v) is 12.5. The number of aromatic carboxylic acids is 1. The molecule has 40 heavy (non-hydrogen) atoms. The van der Waals surface area contributed by atoms with E-state index in [-0.39, 0.29) is 22.7 Å². The summed E-state index contributed by atoms with van der Waals surface area (Å²) in [5.74, 6) is 3.01. The molecule has 5 atom stereocenters. The summed E-state index contributed by atoms with van der Waals surface area (Å²) in [6.07, 6.45) is 13.6. The number of aliphatic hydroxyl groups is 1. The Labute approximate surface area is 236 Å². The lowest BCUT2D eigenvalue weighted by molar-refractivity contribution is -0.114. The highest BCUT2D eigenvalue weighted by Crippen LogP contribution is 2.66. The van der Waals surface area contributed by atoms with E-state index in [0.717, 1.165) is 43.4 Å². The van der Waals surface area contributed by atoms with Crippen molar-refractivity contribution in [1.29, 1.82) is 0 Å². The number of nitrogens with zero attached hydrogens (tertiary/aromatic N) is 1. The molecule has 2 aromatic carbocycles. The summed E-state index contributed by atoms with van der Waals surface area (Å²) in [6, 6.07) is 15.7. The molecular weight excluding hydrogens is 498 g/mol. The van der Waals surface area contributed by atoms with E-state index in [2.05, 4.69) is 42.0 Å². The van der Waals surface area contributed by atoms with Gasteiger partial charge in [-0.15, -0.1) is 6.42 Å². The molecular formula is C35H37NO4. The number of anilines is 1. The van der Waals surface area contributed by atoms with Crippen LogP contribution in [0.1, 0.15) is 79.3 Å². The third-order valence-electron chi connectivity index (χ3n) is 10.5. The topological polar surface area (TPSA) is 77.8 Å². The second-order valence-electron chi connectivity index (χ2n) is 12.5. The smallest absolute Gasteiger partial charge is 0.335 e. The summed E-state index contributed by atoms with van der Waals surface area (Å²) in [7, 11) is 2.04. The average Bonchev–Trinajstić information content (AvgIpc) is 3.23. The summed E-state index contributed by atoms with van der Waals surface area (Å²) in [6.45, 7) is 2.88. The standard InChI is InChI=1S/C35H37NO4/c1-4-35(40)18-17-31-29-15-11-25-19-27(37)14-16-28(25)32(29)30(20-34(31,35)2)23-9-12-26(13-10-23)36(3)21-22-5-7-24(8-6-22)33(38)39/h1,5-10,12-13,19,29-31,40H,11,14-18,20-21H2,2-3H3,(H,38,39)/t29-,30+,31-,34-,35-/m0/s1. The Morgan fingerprint density at radius 1 is 1.07 bits per heavy atom. The van der Waals surface area contributed by atoms with Gasteiger partial charge >= 0.3 is 5.97 Å². The number of hydrogen-bond donors (Lipinski definition) is 2. The molecule has 5 heteroatoms. The minimum atomic E-state index is -1.10. The van der Waals surface area contributed by atoms with Gasteiger partial charge in [-0.2, -0.15) is 0 Å². The fraction of sp³-hybridized carbons (Fsp3) is 0.429. The zero-order valence-electron chi connectivity index (χ0n) is 23.3. The summed E-state index contributed by atoms with van der Waals surface area (Å²) >= 11 is 0. The molecule has 2 aromatic rings. The van der Waals surface area contributed by atoms with Crippen molar-refractivity contribution in [1.82, 2.24) is 0 Å². The Bertz CT molecular complexity index is 1460. The largest absolute Gasteiger partial charge is 0.478 e. The predicted molar refractivity (Wildman–Crippen MR) is 156 cm³/mol. The number of carbonyl (C=O) groups excluding carboxylic acids is 1. The van der Waals surface area contributed by atoms with Crippen LogP contribution in [0.3, 0.4) is 0 Å². The lowest BCUT2D eigenvalue weighted by Crippen LogP contribution is -2.50. The van der Waals surface area contributed by atoms with Crippen LogP contribution < -0.4 is 4.90 Å². The number of rotatable bonds is 5. The van der Waals surface area contributed by atoms with Crippen LogP contribution in [0, 0.1) is 29.6 Å². The third-order valence-corrected chi connectivity index (χ3v) is 10.5. The number of terminal acetylenes is 1. The van der Waals surface area contributed by atoms with Gasteiger partial charge in [0, 0.05) is 37.0 Å². The lowest BCUT2D eigenvalue weighted by Gasteiger charge is -2.53. The van der Waals surface area contributed by atoms with E-state index < -0.39 is 11.6 Å². The van der Waals surface area contributed by atoms with Crippen molar-refractivity contribution in [3.8, 4) is 12.3 Å². The van der Waals surface area contributed by atoms with Crippen molar-refractivity contribution in [2.24, 2.45) is 17.3 Å². The van der Waals surface area contributed by atoms with Crippen molar-refractivity contribution < 1.29 is 19.8 Å². The minimum Gasteiger partial charge on any atom is -0.478 e. The summed E-state index contributed by atoms with van der Waals surface area (Å²) in [5, 5.41) is 20.8. The summed E-state index contributed by atoms with van der Waals surface area (Å²) < 4.78 is 0. The SMILES string of the molecule is C#C[C@]1(O)CC[C@H]2[C@@H]3CCC4=CC(=O)CCC4=C3[C@@H](c3ccc(N(C)Cc4ccc(C(=O)O)cc4)cc3)C[C@@]21C. The van der Waals surface area contributed by atoms with Crippen LogP contribution in [0.25, 0.3) is 0 Å². The first kappa shape index (κ1) is 26.6. The Kier molecular flexibility index (Phi) is 6.50. The van der Waals surface area contributed by atoms with Gasteiger partial charge in [0.05, 0.1) is 5.56 Å².